The third-order valence-electron chi connectivity index (χ3n) is 8.53. The molecule has 0 bridgehead atoms. The highest BCUT2D eigenvalue weighted by atomic mass is 16.5. The summed E-state index contributed by atoms with van der Waals surface area (Å²) in [5.41, 5.74) is 1.39. The van der Waals surface area contributed by atoms with E-state index in [0.717, 1.165) is 54.5 Å². The predicted molar refractivity (Wildman–Crippen MR) is 178 cm³/mol. The number of rotatable bonds is 16. The van der Waals surface area contributed by atoms with Crippen molar-refractivity contribution >= 4 is 33.5 Å². The third-order valence-corrected chi connectivity index (χ3v) is 8.53. The fraction of sp³-hybridized carbons (Fsp3) is 0.514. The second kappa shape index (κ2) is 14.2. The number of Topliss-reactive ketones (excluding diaryl/α,β-unsaturated/α-hetero) is 2. The molecular weight excluding hydrogens is 568 g/mol. The Morgan fingerprint density at radius 1 is 0.800 bits per heavy atom. The number of ketones is 2. The molecule has 2 heterocycles. The van der Waals surface area contributed by atoms with Crippen LogP contribution in [0.3, 0.4) is 0 Å². The minimum absolute atomic E-state index is 0.00387. The number of nitrogens with one attached hydrogen (secondary N) is 2. The van der Waals surface area contributed by atoms with Crippen LogP contribution in [0.5, 0.6) is 11.5 Å². The van der Waals surface area contributed by atoms with Crippen LogP contribution in [0.15, 0.2) is 57.4 Å². The lowest BCUT2D eigenvalue weighted by molar-refractivity contribution is 0.0790. The van der Waals surface area contributed by atoms with Crippen LogP contribution in [0.4, 0.5) is 0 Å². The lowest BCUT2D eigenvalue weighted by Gasteiger charge is -2.37. The van der Waals surface area contributed by atoms with E-state index in [0.29, 0.717) is 34.8 Å². The summed E-state index contributed by atoms with van der Waals surface area (Å²) in [5.74, 6) is 2.14. The number of carbonyl (C=O) groups excluding carboxylic acids is 2. The van der Waals surface area contributed by atoms with Crippen molar-refractivity contribution in [2.75, 3.05) is 6.54 Å². The van der Waals surface area contributed by atoms with Crippen molar-refractivity contribution in [3.05, 3.63) is 60.1 Å². The van der Waals surface area contributed by atoms with Crippen molar-refractivity contribution in [2.24, 2.45) is 11.8 Å². The van der Waals surface area contributed by atoms with Gasteiger partial charge in [0.1, 0.15) is 34.9 Å². The van der Waals surface area contributed by atoms with Crippen LogP contribution in [0.2, 0.25) is 0 Å². The van der Waals surface area contributed by atoms with Crippen molar-refractivity contribution in [1.29, 1.82) is 0 Å². The van der Waals surface area contributed by atoms with Gasteiger partial charge in [-0.2, -0.15) is 0 Å². The zero-order valence-corrected chi connectivity index (χ0v) is 27.6. The number of ether oxygens (including phenoxy) is 2. The molecule has 242 valence electrons. The van der Waals surface area contributed by atoms with Gasteiger partial charge in [-0.05, 0) is 88.1 Å². The summed E-state index contributed by atoms with van der Waals surface area (Å²) >= 11 is 0. The van der Waals surface area contributed by atoms with Gasteiger partial charge in [0.05, 0.1) is 0 Å². The fourth-order valence-electron chi connectivity index (χ4n) is 5.74. The van der Waals surface area contributed by atoms with Gasteiger partial charge in [-0.15, -0.1) is 0 Å². The van der Waals surface area contributed by atoms with Gasteiger partial charge in [-0.25, -0.2) is 0 Å². The summed E-state index contributed by atoms with van der Waals surface area (Å²) in [7, 11) is 0. The summed E-state index contributed by atoms with van der Waals surface area (Å²) in [6.07, 6.45) is 3.70. The first-order valence-electron chi connectivity index (χ1n) is 16.4. The largest absolute Gasteiger partial charge is 0.490 e. The highest BCUT2D eigenvalue weighted by Gasteiger charge is 2.32. The van der Waals surface area contributed by atoms with E-state index < -0.39 is 0 Å². The van der Waals surface area contributed by atoms with Crippen molar-refractivity contribution in [3.63, 3.8) is 0 Å². The van der Waals surface area contributed by atoms with Crippen molar-refractivity contribution in [2.45, 2.75) is 104 Å². The minimum Gasteiger partial charge on any atom is -0.490 e. The van der Waals surface area contributed by atoms with Crippen LogP contribution in [0.25, 0.3) is 21.9 Å². The van der Waals surface area contributed by atoms with Gasteiger partial charge in [0.15, 0.2) is 11.5 Å². The van der Waals surface area contributed by atoms with Crippen molar-refractivity contribution < 1.29 is 27.9 Å². The molecule has 2 aromatic heterocycles. The maximum absolute atomic E-state index is 13.2. The Morgan fingerprint density at radius 3 is 2.02 bits per heavy atom. The van der Waals surface area contributed by atoms with Crippen molar-refractivity contribution in [1.82, 2.24) is 10.6 Å². The first-order valence-corrected chi connectivity index (χ1v) is 16.4. The maximum Gasteiger partial charge on any atom is 0.200 e. The Kier molecular flexibility index (Phi) is 10.3. The number of hydrogen-bond donors (Lipinski definition) is 2. The first kappa shape index (κ1) is 32.8. The number of hydrogen-bond acceptors (Lipinski definition) is 8. The van der Waals surface area contributed by atoms with Gasteiger partial charge < -0.3 is 28.9 Å². The molecule has 1 saturated carbocycles. The molecule has 1 aliphatic rings. The molecule has 0 aliphatic heterocycles. The van der Waals surface area contributed by atoms with E-state index in [2.05, 4.69) is 31.4 Å². The Hall–Kier alpha value is -3.62. The first-order chi connectivity index (χ1) is 21.4. The maximum atomic E-state index is 13.2. The number of benzene rings is 2. The van der Waals surface area contributed by atoms with Crippen LogP contribution < -0.4 is 20.1 Å². The van der Waals surface area contributed by atoms with Crippen molar-refractivity contribution in [3.8, 4) is 11.5 Å². The van der Waals surface area contributed by atoms with Crippen LogP contribution in [0, 0.1) is 11.8 Å². The van der Waals surface area contributed by atoms with E-state index in [1.54, 1.807) is 6.07 Å². The van der Waals surface area contributed by atoms with Gasteiger partial charge in [0, 0.05) is 47.3 Å². The topological polar surface area (TPSA) is 103 Å². The normalized spacial score (nSPS) is 18.7. The van der Waals surface area contributed by atoms with E-state index in [-0.39, 0.29) is 41.7 Å². The molecule has 8 nitrogen and oxygen atoms in total. The van der Waals surface area contributed by atoms with Crippen LogP contribution in [0.1, 0.15) is 95.3 Å². The highest BCUT2D eigenvalue weighted by Crippen LogP contribution is 2.31. The quantitative estimate of drug-likeness (QED) is 0.122. The molecule has 0 saturated heterocycles. The molecule has 1 fully saturated rings. The molecule has 2 N–H and O–H groups in total. The van der Waals surface area contributed by atoms with Gasteiger partial charge in [0.25, 0.3) is 0 Å². The van der Waals surface area contributed by atoms with Crippen LogP contribution in [-0.2, 0) is 0 Å². The average molecular weight is 617 g/mol. The Bertz CT molecular complexity index is 1610. The molecule has 5 rings (SSSR count). The highest BCUT2D eigenvalue weighted by molar-refractivity contribution is 5.99. The minimum atomic E-state index is -0.140. The van der Waals surface area contributed by atoms with E-state index in [9.17, 15) is 9.59 Å². The lowest BCUT2D eigenvalue weighted by Crippen LogP contribution is -2.49. The molecular formula is C37H48N2O6. The lowest BCUT2D eigenvalue weighted by atomic mass is 9.88. The Balaban J connectivity index is 1.04. The van der Waals surface area contributed by atoms with E-state index in [1.807, 2.05) is 70.2 Å². The molecule has 3 atom stereocenters. The van der Waals surface area contributed by atoms with Gasteiger partial charge in [-0.1, -0.05) is 34.6 Å². The van der Waals surface area contributed by atoms with Crippen LogP contribution >= 0.6 is 0 Å². The summed E-state index contributed by atoms with van der Waals surface area (Å²) in [5, 5.41) is 8.83. The number of fused-ring (bicyclic) bond motifs is 2. The summed E-state index contributed by atoms with van der Waals surface area (Å²) in [6.45, 7) is 14.9. The zero-order chi connectivity index (χ0) is 32.2. The summed E-state index contributed by atoms with van der Waals surface area (Å²) in [4.78, 5) is 25.5. The standard InChI is InChI=1S/C37H48N2O6/c1-21(2)36(40)34-16-27-15-30(11-13-32(27)44-34)43-31-18-28(19-31)39-24(6)9-8-23(5)37(41)35-17-26-14-29(10-12-33(26)45-35)42-25(7)20-38-22(3)4/h10-17,21-25,28,31,38-39H,8-9,18-20H2,1-7H3/t23?,24?,25-,28?,31?/m1/s1. The molecule has 1 aliphatic carbocycles. The van der Waals surface area contributed by atoms with Gasteiger partial charge in [0.2, 0.25) is 11.6 Å². The molecule has 45 heavy (non-hydrogen) atoms. The molecule has 4 aromatic rings. The molecule has 2 aromatic carbocycles. The average Bonchev–Trinajstić information content (AvgIpc) is 3.60. The number of furan rings is 2. The predicted octanol–water partition coefficient (Wildman–Crippen LogP) is 7.97. The molecule has 0 spiro atoms. The van der Waals surface area contributed by atoms with E-state index in [4.69, 9.17) is 18.3 Å². The van der Waals surface area contributed by atoms with E-state index >= 15 is 0 Å². The summed E-state index contributed by atoms with van der Waals surface area (Å²) in [6, 6.07) is 16.1. The Labute approximate surface area is 266 Å². The SMILES string of the molecule is CC(C)NC[C@@H](C)Oc1ccc2oc(C(=O)C(C)CCC(C)NC3CC(Oc4ccc5oc(C(=O)C(C)C)cc5c4)C3)cc2c1. The zero-order valence-electron chi connectivity index (χ0n) is 27.6. The summed E-state index contributed by atoms with van der Waals surface area (Å²) < 4.78 is 23.9. The monoisotopic (exact) mass is 616 g/mol. The van der Waals surface area contributed by atoms with Crippen LogP contribution in [-0.4, -0.2) is 48.4 Å². The molecule has 2 unspecified atom stereocenters. The second-order valence-electron chi connectivity index (χ2n) is 13.4. The van der Waals surface area contributed by atoms with Gasteiger partial charge in [-0.3, -0.25) is 9.59 Å². The smallest absolute Gasteiger partial charge is 0.200 e. The second-order valence-corrected chi connectivity index (χ2v) is 13.4. The van der Waals surface area contributed by atoms with E-state index in [1.165, 1.54) is 0 Å². The Morgan fingerprint density at radius 2 is 1.40 bits per heavy atom. The van der Waals surface area contributed by atoms with Gasteiger partial charge >= 0.3 is 0 Å². The molecule has 8 heteroatoms. The third kappa shape index (κ3) is 8.35. The fourth-order valence-corrected chi connectivity index (χ4v) is 5.74. The number of carbonyl (C=O) groups is 2. The molecule has 0 amide bonds. The molecule has 0 radical (unpaired) electrons.